The smallest absolute Gasteiger partial charge is 0.352 e. The Bertz CT molecular complexity index is 1220. The molecular weight excluding hydrogens is 430 g/mol. The molecule has 2 fully saturated rings. The van der Waals surface area contributed by atoms with Gasteiger partial charge in [0.2, 0.25) is 0 Å². The summed E-state index contributed by atoms with van der Waals surface area (Å²) in [6.07, 6.45) is 6.95. The molecule has 2 saturated heterocycles. The van der Waals surface area contributed by atoms with Crippen LogP contribution in [0.2, 0.25) is 0 Å². The lowest BCUT2D eigenvalue weighted by Gasteiger charge is -2.17. The van der Waals surface area contributed by atoms with Gasteiger partial charge in [0.25, 0.3) is 5.56 Å². The van der Waals surface area contributed by atoms with E-state index in [9.17, 15) is 9.59 Å². The molecule has 1 aromatic rings. The molecule has 0 aliphatic carbocycles. The van der Waals surface area contributed by atoms with Gasteiger partial charge in [0.1, 0.15) is 0 Å². The molecule has 0 atom stereocenters. The topological polar surface area (TPSA) is 88.3 Å². The van der Waals surface area contributed by atoms with E-state index in [0.717, 1.165) is 62.3 Å². The molecule has 9 heteroatoms. The molecule has 5 rings (SSSR count). The van der Waals surface area contributed by atoms with Crippen molar-refractivity contribution in [2.45, 2.75) is 45.1 Å². The number of fused-ring (bicyclic) bond motifs is 2. The monoisotopic (exact) mass is 465 g/mol. The lowest BCUT2D eigenvalue weighted by molar-refractivity contribution is 0.323. The van der Waals surface area contributed by atoms with E-state index in [1.807, 2.05) is 29.8 Å². The molecule has 1 aromatic carbocycles. The van der Waals surface area contributed by atoms with E-state index in [-0.39, 0.29) is 11.3 Å². The van der Waals surface area contributed by atoms with Crippen molar-refractivity contribution in [2.24, 2.45) is 7.05 Å². The molecule has 0 aromatic heterocycles. The van der Waals surface area contributed by atoms with Crippen molar-refractivity contribution in [3.8, 4) is 11.5 Å². The molecular formula is C25H35N7O2. The first-order valence-electron chi connectivity index (χ1n) is 12.7. The molecule has 1 N–H and O–H groups in total. The highest BCUT2D eigenvalue weighted by atomic mass is 16.2. The molecule has 0 saturated carbocycles. The molecule has 182 valence electrons. The molecule has 0 amide bonds. The maximum atomic E-state index is 13.1. The average molecular weight is 466 g/mol. The second-order valence-electron chi connectivity index (χ2n) is 9.63. The minimum atomic E-state index is -0.494. The van der Waals surface area contributed by atoms with Crippen LogP contribution in [0.1, 0.15) is 38.5 Å². The zero-order valence-corrected chi connectivity index (χ0v) is 20.1. The van der Waals surface area contributed by atoms with Crippen LogP contribution in [0.5, 0.6) is 0 Å². The van der Waals surface area contributed by atoms with E-state index < -0.39 is 5.69 Å². The van der Waals surface area contributed by atoms with Gasteiger partial charge in [-0.05, 0) is 96.0 Å². The standard InChI is InChI=1S/C25H35N7O2/c1-29-21-18-19(26-10-6-15-30-11-2-3-12-30)8-9-20(21)27-22-23(29)28-25(34)32(24(22)33)17-7-16-31-13-4-5-14-31/h8-9,18,26H,2-7,10-17H2,1H3. The van der Waals surface area contributed by atoms with Gasteiger partial charge in [-0.15, -0.1) is 0 Å². The summed E-state index contributed by atoms with van der Waals surface area (Å²) in [5.41, 5.74) is 1.98. The molecule has 4 aliphatic rings. The summed E-state index contributed by atoms with van der Waals surface area (Å²) < 4.78 is 3.05. The van der Waals surface area contributed by atoms with E-state index in [1.165, 1.54) is 43.3 Å². The van der Waals surface area contributed by atoms with Crippen LogP contribution in [0.15, 0.2) is 27.8 Å². The average Bonchev–Trinajstić information content (AvgIpc) is 3.55. The zero-order chi connectivity index (χ0) is 23.5. The number of aryl methyl sites for hydroxylation is 1. The Kier molecular flexibility index (Phi) is 6.92. The largest absolute Gasteiger partial charge is 0.385 e. The normalized spacial score (nSPS) is 17.3. The third kappa shape index (κ3) is 4.86. The van der Waals surface area contributed by atoms with Gasteiger partial charge in [0.05, 0.1) is 11.0 Å². The molecule has 0 spiro atoms. The van der Waals surface area contributed by atoms with E-state index in [0.29, 0.717) is 12.4 Å². The second-order valence-corrected chi connectivity index (χ2v) is 9.63. The molecule has 34 heavy (non-hydrogen) atoms. The van der Waals surface area contributed by atoms with Crippen molar-refractivity contribution in [1.82, 2.24) is 28.9 Å². The van der Waals surface area contributed by atoms with Crippen molar-refractivity contribution in [1.29, 1.82) is 0 Å². The predicted molar refractivity (Wildman–Crippen MR) is 135 cm³/mol. The van der Waals surface area contributed by atoms with Crippen molar-refractivity contribution >= 4 is 16.7 Å². The summed E-state index contributed by atoms with van der Waals surface area (Å²) in [6, 6.07) is 5.95. The van der Waals surface area contributed by atoms with Gasteiger partial charge in [-0.2, -0.15) is 4.98 Å². The number of hydrogen-bond acceptors (Lipinski definition) is 7. The third-order valence-corrected chi connectivity index (χ3v) is 7.21. The Morgan fingerprint density at radius 2 is 1.56 bits per heavy atom. The zero-order valence-electron chi connectivity index (χ0n) is 20.1. The van der Waals surface area contributed by atoms with Gasteiger partial charge in [-0.1, -0.05) is 0 Å². The number of nitrogens with one attached hydrogen (secondary N) is 1. The molecule has 0 bridgehead atoms. The lowest BCUT2D eigenvalue weighted by atomic mass is 10.2. The van der Waals surface area contributed by atoms with Crippen molar-refractivity contribution in [3.63, 3.8) is 0 Å². The second kappa shape index (κ2) is 10.2. The summed E-state index contributed by atoms with van der Waals surface area (Å²) in [6.45, 7) is 7.96. The number of anilines is 1. The van der Waals surface area contributed by atoms with Crippen LogP contribution >= 0.6 is 0 Å². The SMILES string of the molecule is Cn1c2nc(=O)n(CCCN3CCCC3)c(=O)c-2nc2ccc(NCCCN3CCCC3)cc21. The van der Waals surface area contributed by atoms with Crippen molar-refractivity contribution in [3.05, 3.63) is 39.0 Å². The van der Waals surface area contributed by atoms with Crippen molar-refractivity contribution < 1.29 is 0 Å². The Morgan fingerprint density at radius 3 is 2.26 bits per heavy atom. The molecule has 4 aliphatic heterocycles. The predicted octanol–water partition coefficient (Wildman–Crippen LogP) is 1.98. The summed E-state index contributed by atoms with van der Waals surface area (Å²) in [5.74, 6) is 0.337. The summed E-state index contributed by atoms with van der Waals surface area (Å²) in [7, 11) is 1.84. The Labute approximate surface area is 199 Å². The summed E-state index contributed by atoms with van der Waals surface area (Å²) in [4.78, 5) is 39.6. The van der Waals surface area contributed by atoms with Crippen LogP contribution in [0.4, 0.5) is 5.69 Å². The third-order valence-electron chi connectivity index (χ3n) is 7.21. The van der Waals surface area contributed by atoms with Crippen molar-refractivity contribution in [2.75, 3.05) is 51.1 Å². The fourth-order valence-electron chi connectivity index (χ4n) is 5.27. The van der Waals surface area contributed by atoms with Crippen LogP contribution in [0.25, 0.3) is 22.6 Å². The number of nitrogens with zero attached hydrogens (tertiary/aromatic N) is 6. The number of rotatable bonds is 9. The molecule has 9 nitrogen and oxygen atoms in total. The van der Waals surface area contributed by atoms with Gasteiger partial charge in [0, 0.05) is 25.8 Å². The Hall–Kier alpha value is -2.78. The fraction of sp³-hybridized carbons (Fsp3) is 0.600. The molecule has 0 unspecified atom stereocenters. The van der Waals surface area contributed by atoms with Crippen LogP contribution in [0, 0.1) is 0 Å². The highest BCUT2D eigenvalue weighted by Crippen LogP contribution is 2.22. The first-order valence-corrected chi connectivity index (χ1v) is 12.7. The van der Waals surface area contributed by atoms with Crippen LogP contribution in [-0.4, -0.2) is 74.7 Å². The quantitative estimate of drug-likeness (QED) is 0.382. The number of hydrogen-bond donors (Lipinski definition) is 1. The maximum absolute atomic E-state index is 13.1. The molecule has 4 heterocycles. The van der Waals surface area contributed by atoms with E-state index in [4.69, 9.17) is 0 Å². The Morgan fingerprint density at radius 1 is 0.882 bits per heavy atom. The van der Waals surface area contributed by atoms with E-state index in [1.54, 1.807) is 0 Å². The number of aromatic nitrogens is 4. The van der Waals surface area contributed by atoms with Gasteiger partial charge in [-0.25, -0.2) is 9.78 Å². The van der Waals surface area contributed by atoms with E-state index >= 15 is 0 Å². The Balaban J connectivity index is 1.33. The van der Waals surface area contributed by atoms with Crippen LogP contribution < -0.4 is 16.6 Å². The minimum absolute atomic E-state index is 0.252. The van der Waals surface area contributed by atoms with Gasteiger partial charge >= 0.3 is 5.69 Å². The number of likely N-dealkylation sites (tertiary alicyclic amines) is 2. The van der Waals surface area contributed by atoms with Crippen LogP contribution in [0.3, 0.4) is 0 Å². The highest BCUT2D eigenvalue weighted by molar-refractivity contribution is 5.82. The maximum Gasteiger partial charge on any atom is 0.352 e. The highest BCUT2D eigenvalue weighted by Gasteiger charge is 2.20. The summed E-state index contributed by atoms with van der Waals surface area (Å²) >= 11 is 0. The summed E-state index contributed by atoms with van der Waals surface area (Å²) in [5, 5.41) is 3.49. The lowest BCUT2D eigenvalue weighted by Crippen LogP contribution is -2.39. The first-order chi connectivity index (χ1) is 16.6. The molecule has 0 radical (unpaired) electrons. The van der Waals surface area contributed by atoms with Gasteiger partial charge < -0.3 is 19.7 Å². The van der Waals surface area contributed by atoms with Crippen LogP contribution in [-0.2, 0) is 13.6 Å². The van der Waals surface area contributed by atoms with E-state index in [2.05, 4.69) is 25.1 Å². The van der Waals surface area contributed by atoms with Gasteiger partial charge in [0.15, 0.2) is 11.5 Å². The fourth-order valence-corrected chi connectivity index (χ4v) is 5.27. The number of benzene rings is 1. The van der Waals surface area contributed by atoms with Gasteiger partial charge in [-0.3, -0.25) is 9.36 Å². The minimum Gasteiger partial charge on any atom is -0.385 e. The first kappa shape index (κ1) is 23.0.